The van der Waals surface area contributed by atoms with Crippen LogP contribution in [0.5, 0.6) is 0 Å². The molecule has 0 N–H and O–H groups in total. The fourth-order valence-electron chi connectivity index (χ4n) is 4.18. The lowest BCUT2D eigenvalue weighted by molar-refractivity contribution is -0.144. The third kappa shape index (κ3) is 5.23. The summed E-state index contributed by atoms with van der Waals surface area (Å²) in [5.74, 6) is -0.706. The van der Waals surface area contributed by atoms with Crippen LogP contribution >= 0.6 is 0 Å². The third-order valence-electron chi connectivity index (χ3n) is 5.84. The van der Waals surface area contributed by atoms with Gasteiger partial charge in [-0.25, -0.2) is 9.40 Å². The van der Waals surface area contributed by atoms with Gasteiger partial charge in [0.2, 0.25) is 5.91 Å². The van der Waals surface area contributed by atoms with Gasteiger partial charge in [-0.3, -0.25) is 14.4 Å². The van der Waals surface area contributed by atoms with Crippen molar-refractivity contribution >= 4 is 23.5 Å². The second-order valence-electron chi connectivity index (χ2n) is 7.76. The average Bonchev–Trinajstić information content (AvgIpc) is 2.74. The molecule has 0 unspecified atom stereocenters. The molecule has 162 valence electrons. The minimum absolute atomic E-state index is 0.0855. The Morgan fingerprint density at radius 3 is 2.47 bits per heavy atom. The van der Waals surface area contributed by atoms with Crippen molar-refractivity contribution in [2.75, 3.05) is 26.7 Å². The number of halogens is 1. The van der Waals surface area contributed by atoms with E-state index in [-0.39, 0.29) is 41.9 Å². The Bertz CT molecular complexity index is 816. The predicted molar refractivity (Wildman–Crippen MR) is 109 cm³/mol. The van der Waals surface area contributed by atoms with Crippen LogP contribution in [0.25, 0.3) is 0 Å². The van der Waals surface area contributed by atoms with E-state index in [1.54, 1.807) is 31.0 Å². The van der Waals surface area contributed by atoms with E-state index in [2.05, 4.69) is 5.10 Å². The highest BCUT2D eigenvalue weighted by atomic mass is 19.1. The first-order chi connectivity index (χ1) is 14.4. The first-order valence-electron chi connectivity index (χ1n) is 10.4. The summed E-state index contributed by atoms with van der Waals surface area (Å²) >= 11 is 0. The number of piperidine rings is 1. The molecule has 0 saturated carbocycles. The molecule has 1 fully saturated rings. The molecule has 1 aromatic rings. The molecule has 3 rings (SSSR count). The molecule has 0 radical (unpaired) electrons. The normalized spacial score (nSPS) is 18.8. The topological polar surface area (TPSA) is 79.3 Å². The summed E-state index contributed by atoms with van der Waals surface area (Å²) in [6, 6.07) is 6.26. The molecule has 1 saturated heterocycles. The van der Waals surface area contributed by atoms with Gasteiger partial charge in [0.1, 0.15) is 11.5 Å². The quantitative estimate of drug-likeness (QED) is 0.667. The number of likely N-dealkylation sites (tertiary alicyclic amines) is 1. The summed E-state index contributed by atoms with van der Waals surface area (Å²) in [6.45, 7) is 3.20. The average molecular weight is 417 g/mol. The lowest BCUT2D eigenvalue weighted by Crippen LogP contribution is -2.45. The van der Waals surface area contributed by atoms with Gasteiger partial charge in [-0.1, -0.05) is 12.1 Å². The van der Waals surface area contributed by atoms with Gasteiger partial charge in [0, 0.05) is 33.0 Å². The van der Waals surface area contributed by atoms with Gasteiger partial charge in [0.15, 0.2) is 0 Å². The Balaban J connectivity index is 1.67. The van der Waals surface area contributed by atoms with E-state index >= 15 is 0 Å². The number of hydrogen-bond donors (Lipinski definition) is 0. The smallest absolute Gasteiger partial charge is 0.306 e. The van der Waals surface area contributed by atoms with Crippen molar-refractivity contribution in [2.24, 2.45) is 11.0 Å². The number of esters is 1. The van der Waals surface area contributed by atoms with Crippen LogP contribution < -0.4 is 0 Å². The Morgan fingerprint density at radius 1 is 1.20 bits per heavy atom. The van der Waals surface area contributed by atoms with Crippen molar-refractivity contribution in [3.05, 3.63) is 35.6 Å². The number of hydrogen-bond acceptors (Lipinski definition) is 5. The van der Waals surface area contributed by atoms with E-state index in [0.29, 0.717) is 38.2 Å². The SMILES string of the molecule is CCOC(=O)C[C@H](c1ccc(F)cc1)C1CCN(C(=O)C2=NN(C)C(=O)CC2)CC1. The van der Waals surface area contributed by atoms with Crippen molar-refractivity contribution in [3.8, 4) is 0 Å². The van der Waals surface area contributed by atoms with Crippen LogP contribution in [0.15, 0.2) is 29.4 Å². The van der Waals surface area contributed by atoms with Crippen LogP contribution in [0.4, 0.5) is 4.39 Å². The van der Waals surface area contributed by atoms with E-state index in [4.69, 9.17) is 4.74 Å². The van der Waals surface area contributed by atoms with Gasteiger partial charge in [0.05, 0.1) is 13.0 Å². The monoisotopic (exact) mass is 417 g/mol. The van der Waals surface area contributed by atoms with Crippen LogP contribution in [0.1, 0.15) is 50.5 Å². The maximum absolute atomic E-state index is 13.4. The highest BCUT2D eigenvalue weighted by molar-refractivity contribution is 6.39. The van der Waals surface area contributed by atoms with Crippen LogP contribution in [0.3, 0.4) is 0 Å². The molecule has 2 aliphatic heterocycles. The summed E-state index contributed by atoms with van der Waals surface area (Å²) in [7, 11) is 1.56. The zero-order chi connectivity index (χ0) is 21.7. The molecule has 1 aromatic carbocycles. The van der Waals surface area contributed by atoms with Gasteiger partial charge in [-0.05, 0) is 49.3 Å². The van der Waals surface area contributed by atoms with Gasteiger partial charge < -0.3 is 9.64 Å². The van der Waals surface area contributed by atoms with E-state index in [1.165, 1.54) is 17.1 Å². The summed E-state index contributed by atoms with van der Waals surface area (Å²) in [5, 5.41) is 5.35. The van der Waals surface area contributed by atoms with Crippen LogP contribution in [0.2, 0.25) is 0 Å². The van der Waals surface area contributed by atoms with Gasteiger partial charge >= 0.3 is 5.97 Å². The maximum atomic E-state index is 13.4. The standard InChI is InChI=1S/C22H28FN3O4/c1-3-30-21(28)14-18(15-4-6-17(23)7-5-15)16-10-12-26(13-11-16)22(29)19-8-9-20(27)25(2)24-19/h4-7,16,18H,3,8-14H2,1-2H3/t18-/m1/s1. The van der Waals surface area contributed by atoms with Crippen molar-refractivity contribution in [3.63, 3.8) is 0 Å². The van der Waals surface area contributed by atoms with Crippen LogP contribution in [0, 0.1) is 11.7 Å². The Morgan fingerprint density at radius 2 is 1.87 bits per heavy atom. The number of carbonyl (C=O) groups is 3. The molecule has 7 nitrogen and oxygen atoms in total. The summed E-state index contributed by atoms with van der Waals surface area (Å²) in [6.07, 6.45) is 2.36. The second kappa shape index (κ2) is 9.82. The summed E-state index contributed by atoms with van der Waals surface area (Å²) < 4.78 is 18.5. The highest BCUT2D eigenvalue weighted by Crippen LogP contribution is 2.36. The number of amides is 2. The second-order valence-corrected chi connectivity index (χ2v) is 7.76. The molecule has 8 heteroatoms. The first kappa shape index (κ1) is 21.9. The third-order valence-corrected chi connectivity index (χ3v) is 5.84. The number of carbonyl (C=O) groups excluding carboxylic acids is 3. The Kier molecular flexibility index (Phi) is 7.18. The van der Waals surface area contributed by atoms with Crippen molar-refractivity contribution in [1.29, 1.82) is 0 Å². The summed E-state index contributed by atoms with van der Waals surface area (Å²) in [5.41, 5.74) is 1.32. The summed E-state index contributed by atoms with van der Waals surface area (Å²) in [4.78, 5) is 38.3. The molecule has 1 atom stereocenters. The minimum Gasteiger partial charge on any atom is -0.466 e. The Labute approximate surface area is 175 Å². The van der Waals surface area contributed by atoms with Crippen LogP contribution in [-0.4, -0.2) is 60.1 Å². The molecular weight excluding hydrogens is 389 g/mol. The molecule has 2 amide bonds. The fourth-order valence-corrected chi connectivity index (χ4v) is 4.18. The Hall–Kier alpha value is -2.77. The molecule has 0 aliphatic carbocycles. The van der Waals surface area contributed by atoms with Crippen LogP contribution in [-0.2, 0) is 19.1 Å². The highest BCUT2D eigenvalue weighted by Gasteiger charge is 2.33. The van der Waals surface area contributed by atoms with E-state index < -0.39 is 0 Å². The van der Waals surface area contributed by atoms with E-state index in [0.717, 1.165) is 18.4 Å². The molecular formula is C22H28FN3O4. The number of ether oxygens (including phenoxy) is 1. The zero-order valence-electron chi connectivity index (χ0n) is 17.5. The van der Waals surface area contributed by atoms with E-state index in [9.17, 15) is 18.8 Å². The number of rotatable bonds is 6. The first-order valence-corrected chi connectivity index (χ1v) is 10.4. The number of hydrazone groups is 1. The number of benzene rings is 1. The lowest BCUT2D eigenvalue weighted by atomic mass is 9.78. The molecule has 0 bridgehead atoms. The molecule has 0 spiro atoms. The van der Waals surface area contributed by atoms with Gasteiger partial charge in [0.25, 0.3) is 5.91 Å². The minimum atomic E-state index is -0.314. The number of nitrogens with zero attached hydrogens (tertiary/aromatic N) is 3. The fraction of sp³-hybridized carbons (Fsp3) is 0.545. The molecule has 0 aromatic heterocycles. The zero-order valence-corrected chi connectivity index (χ0v) is 17.5. The lowest BCUT2D eigenvalue weighted by Gasteiger charge is -2.36. The van der Waals surface area contributed by atoms with Crippen molar-refractivity contribution in [2.45, 2.75) is 44.9 Å². The molecule has 2 heterocycles. The molecule has 30 heavy (non-hydrogen) atoms. The largest absolute Gasteiger partial charge is 0.466 e. The van der Waals surface area contributed by atoms with Gasteiger partial charge in [-0.2, -0.15) is 5.10 Å². The van der Waals surface area contributed by atoms with E-state index in [1.807, 2.05) is 0 Å². The maximum Gasteiger partial charge on any atom is 0.306 e. The molecule has 2 aliphatic rings. The van der Waals surface area contributed by atoms with Gasteiger partial charge in [-0.15, -0.1) is 0 Å². The van der Waals surface area contributed by atoms with Crippen molar-refractivity contribution in [1.82, 2.24) is 9.91 Å². The predicted octanol–water partition coefficient (Wildman–Crippen LogP) is 2.71. The van der Waals surface area contributed by atoms with Crippen molar-refractivity contribution < 1.29 is 23.5 Å².